The van der Waals surface area contributed by atoms with Gasteiger partial charge in [0.1, 0.15) is 17.0 Å². The molecule has 0 aliphatic carbocycles. The van der Waals surface area contributed by atoms with Gasteiger partial charge in [-0.3, -0.25) is 14.3 Å². The third-order valence-electron chi connectivity index (χ3n) is 6.91. The van der Waals surface area contributed by atoms with E-state index in [9.17, 15) is 18.8 Å². The number of ether oxygens (including phenoxy) is 3. The van der Waals surface area contributed by atoms with Gasteiger partial charge in [0.15, 0.2) is 5.69 Å². The number of carbonyl (C=O) groups is 3. The van der Waals surface area contributed by atoms with Crippen molar-refractivity contribution in [2.75, 3.05) is 39.5 Å². The van der Waals surface area contributed by atoms with Gasteiger partial charge in [-0.05, 0) is 57.4 Å². The zero-order valence-corrected chi connectivity index (χ0v) is 26.2. The number of fused-ring (bicyclic) bond motifs is 1. The Morgan fingerprint density at radius 3 is 2.18 bits per heavy atom. The summed E-state index contributed by atoms with van der Waals surface area (Å²) in [5.41, 5.74) is -0.0653. The molecule has 0 aliphatic rings. The number of carbonyl (C=O) groups excluding carboxylic acids is 3. The first kappa shape index (κ1) is 34.5. The molecule has 3 rings (SSSR count). The average molecular weight is 614 g/mol. The van der Waals surface area contributed by atoms with Crippen LogP contribution in [-0.4, -0.2) is 78.3 Å². The van der Waals surface area contributed by atoms with E-state index in [1.165, 1.54) is 12.1 Å². The first-order chi connectivity index (χ1) is 21.0. The lowest BCUT2D eigenvalue weighted by Crippen LogP contribution is -2.58. The number of nitrogens with zero attached hydrogens (tertiary/aromatic N) is 2. The van der Waals surface area contributed by atoms with Crippen LogP contribution in [0.4, 0.5) is 9.18 Å². The third kappa shape index (κ3) is 10.0. The van der Waals surface area contributed by atoms with Crippen molar-refractivity contribution >= 4 is 28.8 Å². The van der Waals surface area contributed by atoms with E-state index in [1.807, 2.05) is 32.0 Å². The van der Waals surface area contributed by atoms with E-state index < -0.39 is 23.1 Å². The number of nitrogens with one attached hydrogen (secondary N) is 3. The van der Waals surface area contributed by atoms with Gasteiger partial charge in [-0.1, -0.05) is 44.2 Å². The van der Waals surface area contributed by atoms with Crippen molar-refractivity contribution in [3.8, 4) is 0 Å². The van der Waals surface area contributed by atoms with Gasteiger partial charge in [-0.2, -0.15) is 5.10 Å². The fourth-order valence-corrected chi connectivity index (χ4v) is 4.57. The maximum absolute atomic E-state index is 13.8. The number of para-hydroxylation sites is 1. The molecule has 1 aromatic heterocycles. The van der Waals surface area contributed by atoms with Gasteiger partial charge in [0.25, 0.3) is 5.91 Å². The number of halogens is 1. The van der Waals surface area contributed by atoms with E-state index in [0.29, 0.717) is 50.2 Å². The van der Waals surface area contributed by atoms with Crippen molar-refractivity contribution in [2.45, 2.75) is 65.1 Å². The van der Waals surface area contributed by atoms with Crippen LogP contribution in [0.5, 0.6) is 0 Å². The topological polar surface area (TPSA) is 133 Å². The van der Waals surface area contributed by atoms with Crippen LogP contribution in [-0.2, 0) is 25.5 Å². The Balaban J connectivity index is 1.48. The summed E-state index contributed by atoms with van der Waals surface area (Å²) in [6, 6.07) is 13.6. The normalized spacial score (nSPS) is 11.8. The van der Waals surface area contributed by atoms with E-state index in [1.54, 1.807) is 43.7 Å². The molecule has 0 bridgehead atoms. The standard InChI is InChI=1S/C32H44FN5O6/c1-6-32(7-2,29(40)34-15-17-42-19-20-43-18-16-35-30(41)44-31(3,4)5)36-28(39)27-25-13-8-9-14-26(25)38(37-27)22-23-11-10-12-24(33)21-23/h8-14,21H,6-7,15-20,22H2,1-5H3,(H,34,40)(H,35,41)(H,36,39). The Morgan fingerprint density at radius 1 is 0.886 bits per heavy atom. The van der Waals surface area contributed by atoms with Crippen molar-refractivity contribution < 1.29 is 33.0 Å². The lowest BCUT2D eigenvalue weighted by molar-refractivity contribution is -0.128. The molecule has 1 heterocycles. The predicted octanol–water partition coefficient (Wildman–Crippen LogP) is 4.19. The minimum atomic E-state index is -1.14. The Hall–Kier alpha value is -4.03. The first-order valence-corrected chi connectivity index (χ1v) is 14.9. The number of amides is 3. The summed E-state index contributed by atoms with van der Waals surface area (Å²) in [6.45, 7) is 11.1. The smallest absolute Gasteiger partial charge is 0.407 e. The number of benzene rings is 2. The van der Waals surface area contributed by atoms with Crippen LogP contribution >= 0.6 is 0 Å². The van der Waals surface area contributed by atoms with Crippen molar-refractivity contribution in [1.82, 2.24) is 25.7 Å². The Bertz CT molecular complexity index is 1400. The molecule has 0 atom stereocenters. The van der Waals surface area contributed by atoms with Crippen LogP contribution in [0.25, 0.3) is 10.9 Å². The van der Waals surface area contributed by atoms with Gasteiger partial charge >= 0.3 is 6.09 Å². The zero-order chi connectivity index (χ0) is 32.2. The van der Waals surface area contributed by atoms with E-state index >= 15 is 0 Å². The molecule has 0 saturated carbocycles. The molecular weight excluding hydrogens is 569 g/mol. The summed E-state index contributed by atoms with van der Waals surface area (Å²) in [5, 5.41) is 13.6. The van der Waals surface area contributed by atoms with Gasteiger partial charge in [-0.25, -0.2) is 9.18 Å². The van der Waals surface area contributed by atoms with Gasteiger partial charge in [-0.15, -0.1) is 0 Å². The monoisotopic (exact) mass is 613 g/mol. The number of hydrogen-bond donors (Lipinski definition) is 3. The maximum Gasteiger partial charge on any atom is 0.407 e. The van der Waals surface area contributed by atoms with E-state index in [2.05, 4.69) is 21.0 Å². The molecule has 3 aromatic rings. The molecular formula is C32H44FN5O6. The quantitative estimate of drug-likeness (QED) is 0.207. The molecule has 3 amide bonds. The summed E-state index contributed by atoms with van der Waals surface area (Å²) in [7, 11) is 0. The van der Waals surface area contributed by atoms with Crippen molar-refractivity contribution in [2.24, 2.45) is 0 Å². The van der Waals surface area contributed by atoms with Crippen LogP contribution < -0.4 is 16.0 Å². The zero-order valence-electron chi connectivity index (χ0n) is 26.2. The van der Waals surface area contributed by atoms with Gasteiger partial charge in [0, 0.05) is 18.5 Å². The molecule has 3 N–H and O–H groups in total. The fourth-order valence-electron chi connectivity index (χ4n) is 4.57. The van der Waals surface area contributed by atoms with Crippen LogP contribution in [0.15, 0.2) is 48.5 Å². The summed E-state index contributed by atoms with van der Waals surface area (Å²) < 4.78 is 31.6. The minimum Gasteiger partial charge on any atom is -0.444 e. The molecule has 0 radical (unpaired) electrons. The SMILES string of the molecule is CCC(CC)(NC(=O)c1nn(Cc2cccc(F)c2)c2ccccc12)C(=O)NCCOCCOCCNC(=O)OC(C)(C)C. The number of alkyl carbamates (subject to hydrolysis) is 1. The summed E-state index contributed by atoms with van der Waals surface area (Å²) in [6.07, 6.45) is 0.243. The van der Waals surface area contributed by atoms with E-state index in [0.717, 1.165) is 5.52 Å². The molecule has 44 heavy (non-hydrogen) atoms. The van der Waals surface area contributed by atoms with E-state index in [-0.39, 0.29) is 37.1 Å². The lowest BCUT2D eigenvalue weighted by Gasteiger charge is -2.31. The number of hydrogen-bond acceptors (Lipinski definition) is 7. The molecule has 12 heteroatoms. The van der Waals surface area contributed by atoms with Gasteiger partial charge in [0.05, 0.1) is 38.5 Å². The van der Waals surface area contributed by atoms with Crippen molar-refractivity contribution in [3.05, 3.63) is 65.6 Å². The molecule has 0 unspecified atom stereocenters. The minimum absolute atomic E-state index is 0.195. The van der Waals surface area contributed by atoms with Crippen molar-refractivity contribution in [1.29, 1.82) is 0 Å². The molecule has 0 aliphatic heterocycles. The molecule has 0 saturated heterocycles. The third-order valence-corrected chi connectivity index (χ3v) is 6.91. The fraction of sp³-hybridized carbons (Fsp3) is 0.500. The number of aromatic nitrogens is 2. The predicted molar refractivity (Wildman–Crippen MR) is 165 cm³/mol. The maximum atomic E-state index is 13.8. The second-order valence-corrected chi connectivity index (χ2v) is 11.3. The van der Waals surface area contributed by atoms with Crippen LogP contribution in [0, 0.1) is 5.82 Å². The van der Waals surface area contributed by atoms with Crippen molar-refractivity contribution in [3.63, 3.8) is 0 Å². The van der Waals surface area contributed by atoms with Gasteiger partial charge in [0.2, 0.25) is 5.91 Å². The first-order valence-electron chi connectivity index (χ1n) is 14.9. The summed E-state index contributed by atoms with van der Waals surface area (Å²) >= 11 is 0. The number of rotatable bonds is 16. The lowest BCUT2D eigenvalue weighted by atomic mass is 9.91. The molecule has 2 aromatic carbocycles. The van der Waals surface area contributed by atoms with Crippen LogP contribution in [0.1, 0.15) is 63.5 Å². The highest BCUT2D eigenvalue weighted by Gasteiger charge is 2.37. The molecule has 0 spiro atoms. The molecule has 11 nitrogen and oxygen atoms in total. The van der Waals surface area contributed by atoms with Crippen LogP contribution in [0.2, 0.25) is 0 Å². The second kappa shape index (κ2) is 16.2. The van der Waals surface area contributed by atoms with E-state index in [4.69, 9.17) is 14.2 Å². The second-order valence-electron chi connectivity index (χ2n) is 11.3. The Kier molecular flexibility index (Phi) is 12.7. The largest absolute Gasteiger partial charge is 0.444 e. The van der Waals surface area contributed by atoms with Crippen LogP contribution in [0.3, 0.4) is 0 Å². The Labute approximate surface area is 257 Å². The summed E-state index contributed by atoms with van der Waals surface area (Å²) in [4.78, 5) is 38.4. The Morgan fingerprint density at radius 2 is 1.55 bits per heavy atom. The highest BCUT2D eigenvalue weighted by molar-refractivity contribution is 6.07. The summed E-state index contributed by atoms with van der Waals surface area (Å²) in [5.74, 6) is -1.12. The average Bonchev–Trinajstić information content (AvgIpc) is 3.34. The highest BCUT2D eigenvalue weighted by atomic mass is 19.1. The molecule has 240 valence electrons. The van der Waals surface area contributed by atoms with Gasteiger partial charge < -0.3 is 30.2 Å². The molecule has 0 fully saturated rings. The highest BCUT2D eigenvalue weighted by Crippen LogP contribution is 2.22.